The molecule has 64 valence electrons. The minimum Gasteiger partial charge on any atom is -0.512 e. The van der Waals surface area contributed by atoms with Crippen molar-refractivity contribution in [2.45, 2.75) is 20.8 Å². The van der Waals surface area contributed by atoms with Crippen LogP contribution in [0.15, 0.2) is 11.8 Å². The number of aliphatic hydroxyl groups is 1. The van der Waals surface area contributed by atoms with E-state index < -0.39 is 0 Å². The molecule has 0 atom stereocenters. The lowest BCUT2D eigenvalue weighted by Crippen LogP contribution is -2.01. The maximum Gasteiger partial charge on any atom is 0.187 e. The van der Waals surface area contributed by atoms with Gasteiger partial charge in [-0.3, -0.25) is 0 Å². The summed E-state index contributed by atoms with van der Waals surface area (Å²) in [6.07, 6.45) is 1.48. The van der Waals surface area contributed by atoms with E-state index in [1.807, 2.05) is 20.8 Å². The Morgan fingerprint density at radius 2 is 2.18 bits per heavy atom. The quantitative estimate of drug-likeness (QED) is 0.405. The monoisotopic (exact) mass is 174 g/mol. The molecule has 0 heterocycles. The molecule has 2 nitrogen and oxygen atoms in total. The van der Waals surface area contributed by atoms with Crippen LogP contribution in [0.5, 0.6) is 0 Å². The van der Waals surface area contributed by atoms with Gasteiger partial charge in [0.05, 0.1) is 12.4 Å². The molecule has 1 N–H and O–H groups in total. The fourth-order valence-corrected chi connectivity index (χ4v) is 0.710. The molecule has 0 aliphatic carbocycles. The maximum absolute atomic E-state index is 9.22. The number of rotatable bonds is 3. The van der Waals surface area contributed by atoms with Crippen LogP contribution in [0.25, 0.3) is 0 Å². The summed E-state index contributed by atoms with van der Waals surface area (Å²) in [7, 11) is 0. The summed E-state index contributed by atoms with van der Waals surface area (Å²) in [5.41, 5.74) is 0. The molecule has 0 aromatic heterocycles. The van der Waals surface area contributed by atoms with Crippen molar-refractivity contribution in [3.63, 3.8) is 0 Å². The number of aliphatic hydroxyl groups excluding tert-OH is 1. The third-order valence-electron chi connectivity index (χ3n) is 1.14. The third kappa shape index (κ3) is 4.79. The normalized spacial score (nSPS) is 11.8. The summed E-state index contributed by atoms with van der Waals surface area (Å²) in [5, 5.41) is 9.56. The highest BCUT2D eigenvalue weighted by Crippen LogP contribution is 2.05. The maximum atomic E-state index is 9.22. The van der Waals surface area contributed by atoms with Gasteiger partial charge in [-0.1, -0.05) is 13.8 Å². The van der Waals surface area contributed by atoms with E-state index in [4.69, 9.17) is 17.0 Å². The van der Waals surface area contributed by atoms with Gasteiger partial charge in [0, 0.05) is 12.0 Å². The first-order chi connectivity index (χ1) is 5.07. The van der Waals surface area contributed by atoms with Gasteiger partial charge in [0.25, 0.3) is 0 Å². The molecule has 0 bridgehead atoms. The summed E-state index contributed by atoms with van der Waals surface area (Å²) in [5.74, 6) is 0.372. The van der Waals surface area contributed by atoms with E-state index >= 15 is 0 Å². The number of thiocarbonyl (C=S) groups is 1. The molecule has 11 heavy (non-hydrogen) atoms. The van der Waals surface area contributed by atoms with E-state index in [2.05, 4.69) is 0 Å². The van der Waals surface area contributed by atoms with Crippen molar-refractivity contribution in [2.24, 2.45) is 5.92 Å². The van der Waals surface area contributed by atoms with E-state index in [0.29, 0.717) is 11.7 Å². The van der Waals surface area contributed by atoms with Crippen LogP contribution in [0.4, 0.5) is 0 Å². The summed E-state index contributed by atoms with van der Waals surface area (Å²) >= 11 is 4.79. The summed E-state index contributed by atoms with van der Waals surface area (Å²) in [6.45, 7) is 6.17. The predicted molar refractivity (Wildman–Crippen MR) is 49.8 cm³/mol. The van der Waals surface area contributed by atoms with E-state index in [-0.39, 0.29) is 11.7 Å². The van der Waals surface area contributed by atoms with Gasteiger partial charge >= 0.3 is 0 Å². The second-order valence-corrected chi connectivity index (χ2v) is 2.88. The second kappa shape index (κ2) is 5.13. The third-order valence-corrected chi connectivity index (χ3v) is 1.38. The molecule has 0 aliphatic rings. The topological polar surface area (TPSA) is 29.5 Å². The number of hydrogen-bond acceptors (Lipinski definition) is 3. The van der Waals surface area contributed by atoms with Gasteiger partial charge in [-0.25, -0.2) is 0 Å². The highest BCUT2D eigenvalue weighted by Gasteiger charge is 2.00. The van der Waals surface area contributed by atoms with E-state index in [0.717, 1.165) is 0 Å². The SMILES string of the molecule is CCOC(=S)/C=C(\O)C(C)C. The molecule has 0 fully saturated rings. The van der Waals surface area contributed by atoms with Gasteiger partial charge < -0.3 is 9.84 Å². The average molecular weight is 174 g/mol. The van der Waals surface area contributed by atoms with Crippen LogP contribution in [-0.4, -0.2) is 16.8 Å². The molecular formula is C8H14O2S. The number of allylic oxidation sites excluding steroid dienone is 1. The lowest BCUT2D eigenvalue weighted by molar-refractivity contribution is 0.328. The fraction of sp³-hybridized carbons (Fsp3) is 0.625. The highest BCUT2D eigenvalue weighted by molar-refractivity contribution is 7.80. The van der Waals surface area contributed by atoms with Gasteiger partial charge in [0.2, 0.25) is 0 Å². The zero-order chi connectivity index (χ0) is 8.85. The molecule has 0 unspecified atom stereocenters. The van der Waals surface area contributed by atoms with E-state index in [9.17, 15) is 5.11 Å². The molecule has 0 aromatic carbocycles. The molecule has 0 spiro atoms. The smallest absolute Gasteiger partial charge is 0.187 e. The molecule has 3 heteroatoms. The van der Waals surface area contributed by atoms with Crippen molar-refractivity contribution in [1.82, 2.24) is 0 Å². The van der Waals surface area contributed by atoms with Crippen molar-refractivity contribution in [3.8, 4) is 0 Å². The van der Waals surface area contributed by atoms with Crippen molar-refractivity contribution >= 4 is 17.3 Å². The van der Waals surface area contributed by atoms with Crippen molar-refractivity contribution in [1.29, 1.82) is 0 Å². The average Bonchev–Trinajstić information content (AvgIpc) is 1.87. The van der Waals surface area contributed by atoms with Crippen LogP contribution in [0.1, 0.15) is 20.8 Å². The first-order valence-electron chi connectivity index (χ1n) is 3.65. The molecule has 0 aliphatic heterocycles. The summed E-state index contributed by atoms with van der Waals surface area (Å²) in [6, 6.07) is 0. The van der Waals surface area contributed by atoms with Gasteiger partial charge in [-0.2, -0.15) is 0 Å². The van der Waals surface area contributed by atoms with Gasteiger partial charge in [-0.15, -0.1) is 0 Å². The van der Waals surface area contributed by atoms with Crippen LogP contribution in [0, 0.1) is 5.92 Å². The molecular weight excluding hydrogens is 160 g/mol. The Hall–Kier alpha value is -0.570. The second-order valence-electron chi connectivity index (χ2n) is 2.48. The molecule has 0 radical (unpaired) electrons. The van der Waals surface area contributed by atoms with Crippen molar-refractivity contribution < 1.29 is 9.84 Å². The zero-order valence-corrected chi connectivity index (χ0v) is 7.94. The zero-order valence-electron chi connectivity index (χ0n) is 7.13. The summed E-state index contributed by atoms with van der Waals surface area (Å²) < 4.78 is 4.96. The lowest BCUT2D eigenvalue weighted by Gasteiger charge is -2.04. The first-order valence-corrected chi connectivity index (χ1v) is 4.06. The Morgan fingerprint density at radius 1 is 1.64 bits per heavy atom. The minimum absolute atomic E-state index is 0.105. The minimum atomic E-state index is 0.105. The standard InChI is InChI=1S/C8H14O2S/c1-4-10-8(11)5-7(9)6(2)3/h5-6,9H,4H2,1-3H3/b7-5-. The molecule has 0 aromatic rings. The van der Waals surface area contributed by atoms with Gasteiger partial charge in [0.15, 0.2) is 5.05 Å². The number of ether oxygens (including phenoxy) is 1. The predicted octanol–water partition coefficient (Wildman–Crippen LogP) is 2.45. The first kappa shape index (κ1) is 10.4. The fourth-order valence-electron chi connectivity index (χ4n) is 0.471. The van der Waals surface area contributed by atoms with Crippen molar-refractivity contribution in [3.05, 3.63) is 11.8 Å². The largest absolute Gasteiger partial charge is 0.512 e. The van der Waals surface area contributed by atoms with Gasteiger partial charge in [-0.05, 0) is 19.1 Å². The van der Waals surface area contributed by atoms with Crippen molar-refractivity contribution in [2.75, 3.05) is 6.61 Å². The van der Waals surface area contributed by atoms with Crippen LogP contribution in [0.2, 0.25) is 0 Å². The molecule has 0 rings (SSSR count). The molecule has 0 amide bonds. The van der Waals surface area contributed by atoms with E-state index in [1.54, 1.807) is 0 Å². The molecule has 0 saturated heterocycles. The van der Waals surface area contributed by atoms with Crippen LogP contribution >= 0.6 is 12.2 Å². The Morgan fingerprint density at radius 3 is 2.55 bits per heavy atom. The lowest BCUT2D eigenvalue weighted by atomic mass is 10.2. The summed E-state index contributed by atoms with van der Waals surface area (Å²) in [4.78, 5) is 0. The Labute approximate surface area is 72.9 Å². The van der Waals surface area contributed by atoms with Crippen LogP contribution in [0.3, 0.4) is 0 Å². The highest BCUT2D eigenvalue weighted by atomic mass is 32.1. The van der Waals surface area contributed by atoms with Crippen LogP contribution in [-0.2, 0) is 4.74 Å². The Bertz CT molecular complexity index is 161. The van der Waals surface area contributed by atoms with Crippen LogP contribution < -0.4 is 0 Å². The number of hydrogen-bond donors (Lipinski definition) is 1. The molecule has 0 saturated carbocycles. The Balaban J connectivity index is 3.97. The van der Waals surface area contributed by atoms with Gasteiger partial charge in [0.1, 0.15) is 0 Å². The Kier molecular flexibility index (Phi) is 4.86. The van der Waals surface area contributed by atoms with E-state index in [1.165, 1.54) is 6.08 Å².